The minimum atomic E-state index is -0.551. The number of hydrogen-bond donors (Lipinski definition) is 1. The molecule has 2 rings (SSSR count). The summed E-state index contributed by atoms with van der Waals surface area (Å²) in [7, 11) is 0. The highest BCUT2D eigenvalue weighted by Crippen LogP contribution is 2.25. The molecule has 0 aliphatic carbocycles. The Morgan fingerprint density at radius 1 is 1.33 bits per heavy atom. The largest absolute Gasteiger partial charge is 0.392 e. The van der Waals surface area contributed by atoms with Gasteiger partial charge in [-0.2, -0.15) is 4.98 Å². The molecule has 1 aromatic carbocycles. The first kappa shape index (κ1) is 16.0. The van der Waals surface area contributed by atoms with E-state index in [9.17, 15) is 9.50 Å². The molecule has 1 aromatic heterocycles. The van der Waals surface area contributed by atoms with Crippen molar-refractivity contribution < 1.29 is 14.0 Å². The van der Waals surface area contributed by atoms with Crippen molar-refractivity contribution in [1.82, 2.24) is 10.1 Å². The first-order valence-corrected chi connectivity index (χ1v) is 7.71. The molecule has 1 atom stereocenters. The van der Waals surface area contributed by atoms with Gasteiger partial charge in [0.1, 0.15) is 5.82 Å². The second-order valence-corrected chi connectivity index (χ2v) is 6.93. The second-order valence-electron chi connectivity index (χ2n) is 5.91. The summed E-state index contributed by atoms with van der Waals surface area (Å²) in [6.45, 7) is 5.84. The zero-order valence-corrected chi connectivity index (χ0v) is 13.2. The van der Waals surface area contributed by atoms with Crippen LogP contribution in [-0.4, -0.2) is 21.4 Å². The van der Waals surface area contributed by atoms with Crippen LogP contribution < -0.4 is 0 Å². The van der Waals surface area contributed by atoms with Gasteiger partial charge in [0.2, 0.25) is 5.89 Å². The summed E-state index contributed by atoms with van der Waals surface area (Å²) in [4.78, 5) is 4.78. The SMILES string of the molecule is CC(C)(C)C(O)Cc1nc(CSc2ccccc2F)no1. The monoisotopic (exact) mass is 310 g/mol. The molecule has 0 aliphatic rings. The van der Waals surface area contributed by atoms with E-state index in [2.05, 4.69) is 10.1 Å². The first-order valence-electron chi connectivity index (χ1n) is 6.73. The molecule has 0 bridgehead atoms. The van der Waals surface area contributed by atoms with Gasteiger partial charge in [-0.3, -0.25) is 0 Å². The molecule has 0 amide bonds. The van der Waals surface area contributed by atoms with Crippen molar-refractivity contribution in [3.8, 4) is 0 Å². The van der Waals surface area contributed by atoms with Gasteiger partial charge in [0, 0.05) is 4.90 Å². The quantitative estimate of drug-likeness (QED) is 0.857. The molecule has 0 radical (unpaired) electrons. The molecule has 0 fully saturated rings. The number of rotatable bonds is 5. The molecule has 1 N–H and O–H groups in total. The zero-order valence-electron chi connectivity index (χ0n) is 12.3. The Balaban J connectivity index is 1.93. The van der Waals surface area contributed by atoms with E-state index in [4.69, 9.17) is 4.52 Å². The van der Waals surface area contributed by atoms with E-state index in [0.29, 0.717) is 28.8 Å². The maximum absolute atomic E-state index is 13.5. The Morgan fingerprint density at radius 3 is 2.71 bits per heavy atom. The molecular formula is C15H19FN2O2S. The van der Waals surface area contributed by atoms with E-state index < -0.39 is 6.10 Å². The Hall–Kier alpha value is -1.40. The molecule has 4 nitrogen and oxygen atoms in total. The van der Waals surface area contributed by atoms with E-state index in [1.54, 1.807) is 18.2 Å². The average Bonchev–Trinajstić information content (AvgIpc) is 2.84. The van der Waals surface area contributed by atoms with Crippen LogP contribution in [0.4, 0.5) is 4.39 Å². The molecular weight excluding hydrogens is 291 g/mol. The number of hydrogen-bond acceptors (Lipinski definition) is 5. The van der Waals surface area contributed by atoms with Gasteiger partial charge in [0.05, 0.1) is 18.3 Å². The molecule has 21 heavy (non-hydrogen) atoms. The smallest absolute Gasteiger partial charge is 0.229 e. The van der Waals surface area contributed by atoms with Gasteiger partial charge in [0.25, 0.3) is 0 Å². The summed E-state index contributed by atoms with van der Waals surface area (Å²) in [5, 5.41) is 13.9. The number of nitrogens with zero attached hydrogens (tertiary/aromatic N) is 2. The fourth-order valence-electron chi connectivity index (χ4n) is 1.61. The standard InChI is InChI=1S/C15H19FN2O2S/c1-15(2,3)12(19)8-14-17-13(18-20-14)9-21-11-7-5-4-6-10(11)16/h4-7,12,19H,8-9H2,1-3H3. The van der Waals surface area contributed by atoms with Gasteiger partial charge in [-0.15, -0.1) is 11.8 Å². The summed E-state index contributed by atoms with van der Waals surface area (Å²) in [5.74, 6) is 1.08. The number of aromatic nitrogens is 2. The van der Waals surface area contributed by atoms with Crippen molar-refractivity contribution in [2.45, 2.75) is 43.9 Å². The van der Waals surface area contributed by atoms with Gasteiger partial charge in [-0.1, -0.05) is 38.1 Å². The van der Waals surface area contributed by atoms with Crippen molar-refractivity contribution >= 4 is 11.8 Å². The highest BCUT2D eigenvalue weighted by Gasteiger charge is 2.24. The minimum absolute atomic E-state index is 0.240. The fraction of sp³-hybridized carbons (Fsp3) is 0.467. The third-order valence-electron chi connectivity index (χ3n) is 3.07. The van der Waals surface area contributed by atoms with E-state index in [-0.39, 0.29) is 11.2 Å². The number of halogens is 1. The Labute approximate surface area is 127 Å². The summed E-state index contributed by atoms with van der Waals surface area (Å²) in [6.07, 6.45) is -0.231. The third-order valence-corrected chi connectivity index (χ3v) is 4.12. The minimum Gasteiger partial charge on any atom is -0.392 e. The summed E-state index contributed by atoms with van der Waals surface area (Å²) in [5.41, 5.74) is -0.240. The van der Waals surface area contributed by atoms with Crippen LogP contribution in [0.15, 0.2) is 33.7 Å². The number of aliphatic hydroxyl groups excluding tert-OH is 1. The fourth-order valence-corrected chi connectivity index (χ4v) is 2.39. The van der Waals surface area contributed by atoms with Crippen molar-refractivity contribution in [3.63, 3.8) is 0 Å². The molecule has 0 aliphatic heterocycles. The van der Waals surface area contributed by atoms with E-state index >= 15 is 0 Å². The zero-order chi connectivity index (χ0) is 15.5. The summed E-state index contributed by atoms with van der Waals surface area (Å²) in [6, 6.07) is 6.57. The Bertz CT molecular complexity index is 595. The first-order chi connectivity index (χ1) is 9.86. The molecule has 0 spiro atoms. The van der Waals surface area contributed by atoms with Crippen LogP contribution in [0.2, 0.25) is 0 Å². The predicted molar refractivity (Wildman–Crippen MR) is 79.4 cm³/mol. The van der Waals surface area contributed by atoms with Crippen LogP contribution in [0.3, 0.4) is 0 Å². The highest BCUT2D eigenvalue weighted by molar-refractivity contribution is 7.98. The Morgan fingerprint density at radius 2 is 2.05 bits per heavy atom. The van der Waals surface area contributed by atoms with Crippen molar-refractivity contribution in [1.29, 1.82) is 0 Å². The van der Waals surface area contributed by atoms with Crippen molar-refractivity contribution in [3.05, 3.63) is 41.8 Å². The average molecular weight is 310 g/mol. The van der Waals surface area contributed by atoms with Gasteiger partial charge in [-0.05, 0) is 17.5 Å². The summed E-state index contributed by atoms with van der Waals surface area (Å²) < 4.78 is 18.6. The molecule has 114 valence electrons. The Kier molecular flexibility index (Phi) is 5.00. The third kappa shape index (κ3) is 4.54. The molecule has 1 heterocycles. The number of aliphatic hydroxyl groups is 1. The van der Waals surface area contributed by atoms with E-state index in [0.717, 1.165) is 0 Å². The van der Waals surface area contributed by atoms with Crippen molar-refractivity contribution in [2.75, 3.05) is 0 Å². The van der Waals surface area contributed by atoms with Gasteiger partial charge < -0.3 is 9.63 Å². The van der Waals surface area contributed by atoms with E-state index in [1.807, 2.05) is 20.8 Å². The topological polar surface area (TPSA) is 59.2 Å². The maximum Gasteiger partial charge on any atom is 0.229 e. The molecule has 2 aromatic rings. The lowest BCUT2D eigenvalue weighted by Crippen LogP contribution is -2.28. The van der Waals surface area contributed by atoms with Gasteiger partial charge in [-0.25, -0.2) is 4.39 Å². The van der Waals surface area contributed by atoms with Gasteiger partial charge >= 0.3 is 0 Å². The van der Waals surface area contributed by atoms with E-state index in [1.165, 1.54) is 17.8 Å². The van der Waals surface area contributed by atoms with Crippen LogP contribution in [0.1, 0.15) is 32.5 Å². The molecule has 6 heteroatoms. The summed E-state index contributed by atoms with van der Waals surface area (Å²) >= 11 is 1.32. The lowest BCUT2D eigenvalue weighted by Gasteiger charge is -2.24. The number of benzene rings is 1. The van der Waals surface area contributed by atoms with Crippen LogP contribution in [-0.2, 0) is 12.2 Å². The number of thioether (sulfide) groups is 1. The predicted octanol–water partition coefficient (Wildman–Crippen LogP) is 3.45. The second kappa shape index (κ2) is 6.58. The van der Waals surface area contributed by atoms with Crippen molar-refractivity contribution in [2.24, 2.45) is 5.41 Å². The molecule has 0 saturated carbocycles. The highest BCUT2D eigenvalue weighted by atomic mass is 32.2. The molecule has 0 saturated heterocycles. The normalized spacial score (nSPS) is 13.4. The van der Waals surface area contributed by atoms with Gasteiger partial charge in [0.15, 0.2) is 5.82 Å². The van der Waals surface area contributed by atoms with Crippen LogP contribution in [0, 0.1) is 11.2 Å². The van der Waals surface area contributed by atoms with Crippen LogP contribution in [0.5, 0.6) is 0 Å². The molecule has 1 unspecified atom stereocenters. The van der Waals surface area contributed by atoms with Crippen LogP contribution >= 0.6 is 11.8 Å². The lowest BCUT2D eigenvalue weighted by molar-refractivity contribution is 0.0565. The van der Waals surface area contributed by atoms with Crippen LogP contribution in [0.25, 0.3) is 0 Å². The maximum atomic E-state index is 13.5. The lowest BCUT2D eigenvalue weighted by atomic mass is 9.87.